The Morgan fingerprint density at radius 1 is 1.16 bits per heavy atom. The average Bonchev–Trinajstić information content (AvgIpc) is 2.35. The Kier molecular flexibility index (Phi) is 6.88. The molecule has 0 unspecified atom stereocenters. The second kappa shape index (κ2) is 8.47. The monoisotopic (exact) mass is 286 g/mol. The molecule has 1 aromatic rings. The van der Waals surface area contributed by atoms with E-state index < -0.39 is 0 Å². The second-order valence-electron chi connectivity index (χ2n) is 4.03. The fourth-order valence-electron chi connectivity index (χ4n) is 1.37. The van der Waals surface area contributed by atoms with Gasteiger partial charge in [-0.3, -0.25) is 4.79 Å². The van der Waals surface area contributed by atoms with Crippen LogP contribution in [0.4, 0.5) is 11.9 Å². The molecule has 1 aromatic heterocycles. The number of hydrogen-bond acceptors (Lipinski definition) is 6. The highest BCUT2D eigenvalue weighted by Crippen LogP contribution is 2.09. The Morgan fingerprint density at radius 3 is 2.37 bits per heavy atom. The fourth-order valence-corrected chi connectivity index (χ4v) is 1.53. The molecule has 0 atom stereocenters. The number of nitrogens with two attached hydrogens (primary N) is 1. The summed E-state index contributed by atoms with van der Waals surface area (Å²) in [6.45, 7) is 3.48. The van der Waals surface area contributed by atoms with Crippen molar-refractivity contribution in [1.29, 1.82) is 0 Å². The van der Waals surface area contributed by atoms with Crippen LogP contribution in [-0.2, 0) is 4.79 Å². The van der Waals surface area contributed by atoms with E-state index in [4.69, 9.17) is 17.3 Å². The highest BCUT2D eigenvalue weighted by Gasteiger charge is 2.04. The topological polar surface area (TPSA) is 106 Å². The van der Waals surface area contributed by atoms with E-state index in [0.717, 1.165) is 25.8 Å². The molecule has 106 valence electrons. The van der Waals surface area contributed by atoms with Crippen molar-refractivity contribution in [3.63, 3.8) is 0 Å². The third-order valence-corrected chi connectivity index (χ3v) is 2.44. The molecule has 8 heteroatoms. The maximum absolute atomic E-state index is 10.6. The zero-order chi connectivity index (χ0) is 14.1. The number of carbonyl (C=O) groups is 1. The number of nitrogens with one attached hydrogen (secondary N) is 2. The lowest BCUT2D eigenvalue weighted by molar-refractivity contribution is -0.118. The molecule has 0 fully saturated rings. The highest BCUT2D eigenvalue weighted by atomic mass is 35.5. The van der Waals surface area contributed by atoms with Gasteiger partial charge in [-0.2, -0.15) is 15.0 Å². The summed E-state index contributed by atoms with van der Waals surface area (Å²) < 4.78 is 0. The number of unbranched alkanes of at least 4 members (excludes halogenated alkanes) is 1. The predicted octanol–water partition coefficient (Wildman–Crippen LogP) is 1.41. The number of carbonyl (C=O) groups excluding carboxylic acids is 1. The molecule has 0 aromatic carbocycles. The van der Waals surface area contributed by atoms with Gasteiger partial charge in [-0.1, -0.05) is 6.92 Å². The van der Waals surface area contributed by atoms with Crippen LogP contribution in [0, 0.1) is 0 Å². The predicted molar refractivity (Wildman–Crippen MR) is 75.2 cm³/mol. The Hall–Kier alpha value is -1.63. The molecule has 0 spiro atoms. The van der Waals surface area contributed by atoms with E-state index >= 15 is 0 Å². The molecule has 0 radical (unpaired) electrons. The zero-order valence-electron chi connectivity index (χ0n) is 10.9. The molecule has 1 heterocycles. The molecule has 0 saturated heterocycles. The Bertz CT molecular complexity index is 414. The summed E-state index contributed by atoms with van der Waals surface area (Å²) in [7, 11) is 0. The van der Waals surface area contributed by atoms with Gasteiger partial charge < -0.3 is 16.4 Å². The lowest BCUT2D eigenvalue weighted by atomic mass is 10.2. The van der Waals surface area contributed by atoms with Gasteiger partial charge in [0.25, 0.3) is 0 Å². The zero-order valence-corrected chi connectivity index (χ0v) is 11.7. The number of nitrogens with zero attached hydrogens (tertiary/aromatic N) is 3. The van der Waals surface area contributed by atoms with Crippen LogP contribution in [0.15, 0.2) is 0 Å². The van der Waals surface area contributed by atoms with Crippen LogP contribution in [0.25, 0.3) is 0 Å². The van der Waals surface area contributed by atoms with Crippen molar-refractivity contribution in [2.45, 2.75) is 32.6 Å². The minimum Gasteiger partial charge on any atom is -0.370 e. The number of anilines is 2. The van der Waals surface area contributed by atoms with Crippen molar-refractivity contribution in [3.8, 4) is 0 Å². The molecule has 0 aliphatic heterocycles. The normalized spacial score (nSPS) is 10.2. The molecule has 1 amide bonds. The Morgan fingerprint density at radius 2 is 1.79 bits per heavy atom. The summed E-state index contributed by atoms with van der Waals surface area (Å²) >= 11 is 5.81. The second-order valence-corrected chi connectivity index (χ2v) is 4.37. The molecular formula is C11H19ClN6O. The standard InChI is InChI=1S/C11H19ClN6O/c1-2-6-14-10-16-9(12)17-11(18-10)15-7-4-3-5-8(13)19/h2-7H2,1H3,(H2,13,19)(H2,14,15,16,17,18). The molecule has 19 heavy (non-hydrogen) atoms. The number of rotatable bonds is 9. The van der Waals surface area contributed by atoms with E-state index in [1.807, 2.05) is 6.92 Å². The van der Waals surface area contributed by atoms with Crippen LogP contribution in [0.5, 0.6) is 0 Å². The van der Waals surface area contributed by atoms with E-state index in [-0.39, 0.29) is 11.2 Å². The third kappa shape index (κ3) is 6.76. The molecule has 0 bridgehead atoms. The van der Waals surface area contributed by atoms with Crippen LogP contribution >= 0.6 is 11.6 Å². The SMILES string of the molecule is CCCNc1nc(Cl)nc(NCCCCC(N)=O)n1. The lowest BCUT2D eigenvalue weighted by Crippen LogP contribution is -2.12. The van der Waals surface area contributed by atoms with E-state index in [1.54, 1.807) is 0 Å². The van der Waals surface area contributed by atoms with Crippen molar-refractivity contribution in [3.05, 3.63) is 5.28 Å². The first-order valence-electron chi connectivity index (χ1n) is 6.29. The van der Waals surface area contributed by atoms with Crippen molar-refractivity contribution >= 4 is 29.4 Å². The van der Waals surface area contributed by atoms with Gasteiger partial charge >= 0.3 is 0 Å². The molecule has 4 N–H and O–H groups in total. The van der Waals surface area contributed by atoms with Gasteiger partial charge in [-0.15, -0.1) is 0 Å². The van der Waals surface area contributed by atoms with Crippen molar-refractivity contribution < 1.29 is 4.79 Å². The summed E-state index contributed by atoms with van der Waals surface area (Å²) in [5.41, 5.74) is 5.05. The maximum Gasteiger partial charge on any atom is 0.228 e. The third-order valence-electron chi connectivity index (χ3n) is 2.27. The first kappa shape index (κ1) is 15.4. The fraction of sp³-hybridized carbons (Fsp3) is 0.636. The van der Waals surface area contributed by atoms with Crippen LogP contribution in [0.3, 0.4) is 0 Å². The molecule has 7 nitrogen and oxygen atoms in total. The number of aromatic nitrogens is 3. The maximum atomic E-state index is 10.6. The van der Waals surface area contributed by atoms with Crippen LogP contribution in [0.1, 0.15) is 32.6 Å². The minimum absolute atomic E-state index is 0.147. The number of amides is 1. The van der Waals surface area contributed by atoms with Gasteiger partial charge in [0.05, 0.1) is 0 Å². The molecule has 1 rings (SSSR count). The number of primary amides is 1. The highest BCUT2D eigenvalue weighted by molar-refractivity contribution is 6.28. The van der Waals surface area contributed by atoms with Crippen LogP contribution in [0.2, 0.25) is 5.28 Å². The average molecular weight is 287 g/mol. The quantitative estimate of drug-likeness (QED) is 0.593. The smallest absolute Gasteiger partial charge is 0.228 e. The van der Waals surface area contributed by atoms with Gasteiger partial charge in [0, 0.05) is 19.5 Å². The molecule has 0 aliphatic rings. The summed E-state index contributed by atoms with van der Waals surface area (Å²) in [5.74, 6) is 0.605. The van der Waals surface area contributed by atoms with Crippen LogP contribution < -0.4 is 16.4 Å². The van der Waals surface area contributed by atoms with Crippen molar-refractivity contribution in [2.75, 3.05) is 23.7 Å². The van der Waals surface area contributed by atoms with E-state index in [2.05, 4.69) is 25.6 Å². The molecule has 0 saturated carbocycles. The van der Waals surface area contributed by atoms with Gasteiger partial charge in [0.1, 0.15) is 0 Å². The first-order chi connectivity index (χ1) is 9.11. The van der Waals surface area contributed by atoms with Crippen LogP contribution in [-0.4, -0.2) is 33.9 Å². The Labute approximate surface area is 117 Å². The minimum atomic E-state index is -0.283. The summed E-state index contributed by atoms with van der Waals surface area (Å²) in [4.78, 5) is 22.7. The van der Waals surface area contributed by atoms with Gasteiger partial charge in [0.15, 0.2) is 0 Å². The molecule has 0 aliphatic carbocycles. The lowest BCUT2D eigenvalue weighted by Gasteiger charge is -2.07. The summed E-state index contributed by atoms with van der Waals surface area (Å²) in [6, 6.07) is 0. The number of hydrogen-bond donors (Lipinski definition) is 3. The van der Waals surface area contributed by atoms with E-state index in [0.29, 0.717) is 24.9 Å². The largest absolute Gasteiger partial charge is 0.370 e. The van der Waals surface area contributed by atoms with E-state index in [1.165, 1.54) is 0 Å². The van der Waals surface area contributed by atoms with Crippen molar-refractivity contribution in [2.24, 2.45) is 5.73 Å². The molecular weight excluding hydrogens is 268 g/mol. The Balaban J connectivity index is 2.40. The first-order valence-corrected chi connectivity index (χ1v) is 6.67. The van der Waals surface area contributed by atoms with Gasteiger partial charge in [-0.25, -0.2) is 0 Å². The summed E-state index contributed by atoms with van der Waals surface area (Å²) in [6.07, 6.45) is 2.91. The van der Waals surface area contributed by atoms with Gasteiger partial charge in [0.2, 0.25) is 23.1 Å². The number of halogens is 1. The van der Waals surface area contributed by atoms with Crippen molar-refractivity contribution in [1.82, 2.24) is 15.0 Å². The van der Waals surface area contributed by atoms with Gasteiger partial charge in [-0.05, 0) is 30.9 Å². The summed E-state index contributed by atoms with van der Waals surface area (Å²) in [5, 5.41) is 6.23. The van der Waals surface area contributed by atoms with E-state index in [9.17, 15) is 4.79 Å².